The van der Waals surface area contributed by atoms with E-state index in [2.05, 4.69) is 36.8 Å². The van der Waals surface area contributed by atoms with Crippen LogP contribution >= 0.6 is 31.9 Å². The number of methoxy groups -OCH3 is 1. The third-order valence-corrected chi connectivity index (χ3v) is 3.39. The highest BCUT2D eigenvalue weighted by molar-refractivity contribution is 9.11. The largest absolute Gasteiger partial charge is 0.495 e. The number of ether oxygens (including phenoxy) is 1. The van der Waals surface area contributed by atoms with Crippen LogP contribution in [0.5, 0.6) is 5.75 Å². The summed E-state index contributed by atoms with van der Waals surface area (Å²) in [5, 5.41) is 0.300. The normalized spacial score (nSPS) is 11.9. The first kappa shape index (κ1) is 13.6. The van der Waals surface area contributed by atoms with E-state index in [4.69, 9.17) is 4.74 Å². The summed E-state index contributed by atoms with van der Waals surface area (Å²) in [6.45, 7) is 0. The van der Waals surface area contributed by atoms with Crippen LogP contribution in [0.15, 0.2) is 27.3 Å². The topological polar surface area (TPSA) is 22.1 Å². The van der Waals surface area contributed by atoms with Crippen LogP contribution in [0.3, 0.4) is 0 Å². The SMILES string of the molecule is COc1c(C(F)(F)F)cc(Br)c2ncc(Br)cc12. The summed E-state index contributed by atoms with van der Waals surface area (Å²) < 4.78 is 44.5. The number of aromatic nitrogens is 1. The minimum atomic E-state index is -4.48. The average Bonchev–Trinajstić information content (AvgIpc) is 2.27. The van der Waals surface area contributed by atoms with Gasteiger partial charge in [0.25, 0.3) is 0 Å². The molecule has 1 aromatic carbocycles. The molecule has 0 unspecified atom stereocenters. The number of benzene rings is 1. The number of hydrogen-bond acceptors (Lipinski definition) is 2. The Morgan fingerprint density at radius 2 is 1.89 bits per heavy atom. The molecule has 18 heavy (non-hydrogen) atoms. The van der Waals surface area contributed by atoms with Gasteiger partial charge in [0.1, 0.15) is 5.75 Å². The van der Waals surface area contributed by atoms with E-state index < -0.39 is 11.7 Å². The minimum absolute atomic E-state index is 0.227. The first-order valence-electron chi connectivity index (χ1n) is 4.73. The van der Waals surface area contributed by atoms with Gasteiger partial charge in [0.2, 0.25) is 0 Å². The number of hydrogen-bond donors (Lipinski definition) is 0. The van der Waals surface area contributed by atoms with Gasteiger partial charge in [-0.15, -0.1) is 0 Å². The lowest BCUT2D eigenvalue weighted by Gasteiger charge is -2.15. The van der Waals surface area contributed by atoms with Gasteiger partial charge in [-0.1, -0.05) is 0 Å². The van der Waals surface area contributed by atoms with Crippen LogP contribution in [0.25, 0.3) is 10.9 Å². The van der Waals surface area contributed by atoms with Crippen LogP contribution in [-0.2, 0) is 6.18 Å². The summed E-state index contributed by atoms with van der Waals surface area (Å²) in [5.74, 6) is -0.227. The summed E-state index contributed by atoms with van der Waals surface area (Å²) in [4.78, 5) is 4.07. The van der Waals surface area contributed by atoms with E-state index in [1.807, 2.05) is 0 Å². The van der Waals surface area contributed by atoms with Crippen molar-refractivity contribution in [2.45, 2.75) is 6.18 Å². The zero-order chi connectivity index (χ0) is 13.5. The van der Waals surface area contributed by atoms with Crippen LogP contribution in [-0.4, -0.2) is 12.1 Å². The highest BCUT2D eigenvalue weighted by Gasteiger charge is 2.36. The third-order valence-electron chi connectivity index (χ3n) is 2.35. The molecule has 1 aromatic heterocycles. The minimum Gasteiger partial charge on any atom is -0.495 e. The molecule has 2 rings (SSSR count). The Hall–Kier alpha value is -0.820. The van der Waals surface area contributed by atoms with Crippen molar-refractivity contribution < 1.29 is 17.9 Å². The van der Waals surface area contributed by atoms with Gasteiger partial charge >= 0.3 is 6.18 Å². The lowest BCUT2D eigenvalue weighted by Crippen LogP contribution is -2.08. The Morgan fingerprint density at radius 1 is 1.22 bits per heavy atom. The number of alkyl halides is 3. The Bertz CT molecular complexity index is 613. The lowest BCUT2D eigenvalue weighted by molar-refractivity contribution is -0.138. The van der Waals surface area contributed by atoms with E-state index in [1.165, 1.54) is 13.3 Å². The molecule has 7 heteroatoms. The standard InChI is InChI=1S/C11H6Br2F3NO/c1-18-10-6-2-5(12)4-17-9(6)8(13)3-7(10)11(14,15)16/h2-4H,1H3. The van der Waals surface area contributed by atoms with Crippen molar-refractivity contribution in [3.8, 4) is 5.75 Å². The first-order valence-corrected chi connectivity index (χ1v) is 6.32. The third kappa shape index (κ3) is 2.33. The molecule has 0 aliphatic carbocycles. The molecule has 0 aliphatic rings. The Balaban J connectivity index is 2.90. The second kappa shape index (κ2) is 4.70. The van der Waals surface area contributed by atoms with Crippen LogP contribution in [0.1, 0.15) is 5.56 Å². The zero-order valence-electron chi connectivity index (χ0n) is 8.98. The van der Waals surface area contributed by atoms with Crippen LogP contribution in [0.2, 0.25) is 0 Å². The summed E-state index contributed by atoms with van der Waals surface area (Å²) in [6, 6.07) is 2.52. The molecule has 0 saturated heterocycles. The second-order valence-corrected chi connectivity index (χ2v) is 5.26. The van der Waals surface area contributed by atoms with Gasteiger partial charge in [-0.05, 0) is 44.0 Å². The fourth-order valence-corrected chi connectivity index (χ4v) is 2.52. The molecule has 2 nitrogen and oxygen atoms in total. The Morgan fingerprint density at radius 3 is 2.44 bits per heavy atom. The molecule has 1 heterocycles. The number of rotatable bonds is 1. The predicted octanol–water partition coefficient (Wildman–Crippen LogP) is 4.79. The Labute approximate surface area is 117 Å². The fraction of sp³-hybridized carbons (Fsp3) is 0.182. The summed E-state index contributed by atoms with van der Waals surface area (Å²) in [6.07, 6.45) is -2.97. The van der Waals surface area contributed by atoms with Crippen LogP contribution in [0, 0.1) is 0 Å². The molecule has 0 saturated carbocycles. The molecule has 0 spiro atoms. The summed E-state index contributed by atoms with van der Waals surface area (Å²) in [7, 11) is 1.21. The van der Waals surface area contributed by atoms with Gasteiger partial charge in [0.05, 0.1) is 18.2 Å². The zero-order valence-corrected chi connectivity index (χ0v) is 12.1. The summed E-state index contributed by atoms with van der Waals surface area (Å²) >= 11 is 6.28. The molecule has 0 amide bonds. The maximum absolute atomic E-state index is 12.9. The number of halogens is 5. The molecule has 0 atom stereocenters. The van der Waals surface area contributed by atoms with E-state index in [0.29, 0.717) is 15.4 Å². The quantitative estimate of drug-likeness (QED) is 0.705. The highest BCUT2D eigenvalue weighted by atomic mass is 79.9. The maximum Gasteiger partial charge on any atom is 0.420 e. The van der Waals surface area contributed by atoms with Gasteiger partial charge in [-0.3, -0.25) is 4.98 Å². The Kier molecular flexibility index (Phi) is 3.55. The van der Waals surface area contributed by atoms with Crippen molar-refractivity contribution in [3.05, 3.63) is 32.8 Å². The van der Waals surface area contributed by atoms with E-state index in [1.54, 1.807) is 6.07 Å². The van der Waals surface area contributed by atoms with Crippen molar-refractivity contribution in [2.24, 2.45) is 0 Å². The van der Waals surface area contributed by atoms with Gasteiger partial charge in [0.15, 0.2) is 0 Å². The van der Waals surface area contributed by atoms with Crippen molar-refractivity contribution in [2.75, 3.05) is 7.11 Å². The van der Waals surface area contributed by atoms with Gasteiger partial charge in [-0.2, -0.15) is 13.2 Å². The smallest absolute Gasteiger partial charge is 0.420 e. The lowest BCUT2D eigenvalue weighted by atomic mass is 10.1. The maximum atomic E-state index is 12.9. The molecular formula is C11H6Br2F3NO. The molecule has 0 radical (unpaired) electrons. The fourth-order valence-electron chi connectivity index (χ4n) is 1.64. The van der Waals surface area contributed by atoms with E-state index in [9.17, 15) is 13.2 Å². The molecule has 0 aliphatic heterocycles. The summed E-state index contributed by atoms with van der Waals surface area (Å²) in [5.41, 5.74) is -0.410. The van der Waals surface area contributed by atoms with Crippen molar-refractivity contribution in [1.29, 1.82) is 0 Å². The molecule has 96 valence electrons. The van der Waals surface area contributed by atoms with E-state index >= 15 is 0 Å². The molecule has 0 fully saturated rings. The van der Waals surface area contributed by atoms with Crippen LogP contribution in [0.4, 0.5) is 13.2 Å². The van der Waals surface area contributed by atoms with Crippen molar-refractivity contribution in [3.63, 3.8) is 0 Å². The van der Waals surface area contributed by atoms with Crippen LogP contribution < -0.4 is 4.74 Å². The molecule has 0 N–H and O–H groups in total. The predicted molar refractivity (Wildman–Crippen MR) is 68.7 cm³/mol. The van der Waals surface area contributed by atoms with Gasteiger partial charge in [0, 0.05) is 20.5 Å². The number of fused-ring (bicyclic) bond motifs is 1. The highest BCUT2D eigenvalue weighted by Crippen LogP contribution is 2.43. The van der Waals surface area contributed by atoms with E-state index in [-0.39, 0.29) is 10.2 Å². The second-order valence-electron chi connectivity index (χ2n) is 3.49. The average molecular weight is 385 g/mol. The number of nitrogens with zero attached hydrogens (tertiary/aromatic N) is 1. The van der Waals surface area contributed by atoms with Crippen molar-refractivity contribution >= 4 is 42.8 Å². The molecular weight excluding hydrogens is 379 g/mol. The number of pyridine rings is 1. The molecule has 0 bridgehead atoms. The van der Waals surface area contributed by atoms with Gasteiger partial charge in [-0.25, -0.2) is 0 Å². The first-order chi connectivity index (χ1) is 8.34. The van der Waals surface area contributed by atoms with Crippen molar-refractivity contribution in [1.82, 2.24) is 4.98 Å². The van der Waals surface area contributed by atoms with Gasteiger partial charge < -0.3 is 4.74 Å². The molecule has 2 aromatic rings. The van der Waals surface area contributed by atoms with E-state index in [0.717, 1.165) is 6.07 Å². The monoisotopic (exact) mass is 383 g/mol.